The fourth-order valence-corrected chi connectivity index (χ4v) is 1.59. The standard InChI is InChI=1S/C12H22N4O2/c1-8(10-15-13-7-16(10)6)14-9(2)11(17)18-12(3,4)5/h7-9,14H,1-6H3. The minimum absolute atomic E-state index is 0.0694. The maximum atomic E-state index is 11.8. The number of nitrogens with one attached hydrogen (secondary N) is 1. The van der Waals surface area contributed by atoms with Gasteiger partial charge in [0.25, 0.3) is 0 Å². The number of carbonyl (C=O) groups is 1. The van der Waals surface area contributed by atoms with Crippen molar-refractivity contribution in [2.45, 2.75) is 52.3 Å². The number of aromatic nitrogens is 3. The van der Waals surface area contributed by atoms with Crippen LogP contribution in [0.1, 0.15) is 46.5 Å². The quantitative estimate of drug-likeness (QED) is 0.817. The first kappa shape index (κ1) is 14.6. The summed E-state index contributed by atoms with van der Waals surface area (Å²) in [6.45, 7) is 9.27. The molecule has 0 bridgehead atoms. The van der Waals surface area contributed by atoms with E-state index in [1.807, 2.05) is 39.3 Å². The third kappa shape index (κ3) is 4.10. The average Bonchev–Trinajstić information content (AvgIpc) is 2.61. The Morgan fingerprint density at radius 1 is 1.44 bits per heavy atom. The molecule has 0 amide bonds. The molecule has 0 saturated carbocycles. The summed E-state index contributed by atoms with van der Waals surface area (Å²) in [6, 6.07) is -0.462. The van der Waals surface area contributed by atoms with Gasteiger partial charge in [-0.2, -0.15) is 0 Å². The number of hydrogen-bond donors (Lipinski definition) is 1. The van der Waals surface area contributed by atoms with Gasteiger partial charge in [-0.1, -0.05) is 0 Å². The van der Waals surface area contributed by atoms with E-state index in [2.05, 4.69) is 15.5 Å². The molecule has 102 valence electrons. The van der Waals surface area contributed by atoms with Crippen molar-refractivity contribution in [1.29, 1.82) is 0 Å². The Morgan fingerprint density at radius 2 is 2.06 bits per heavy atom. The molecule has 1 N–H and O–H groups in total. The first-order valence-corrected chi connectivity index (χ1v) is 6.03. The van der Waals surface area contributed by atoms with Crippen LogP contribution in [0.3, 0.4) is 0 Å². The van der Waals surface area contributed by atoms with Crippen molar-refractivity contribution in [3.05, 3.63) is 12.2 Å². The maximum absolute atomic E-state index is 11.8. The van der Waals surface area contributed by atoms with Gasteiger partial charge in [-0.25, -0.2) is 0 Å². The molecule has 2 unspecified atom stereocenters. The largest absolute Gasteiger partial charge is 0.459 e. The summed E-state index contributed by atoms with van der Waals surface area (Å²) >= 11 is 0. The van der Waals surface area contributed by atoms with Crippen molar-refractivity contribution < 1.29 is 9.53 Å². The number of aryl methyl sites for hydroxylation is 1. The van der Waals surface area contributed by atoms with E-state index in [1.165, 1.54) is 0 Å². The smallest absolute Gasteiger partial charge is 0.323 e. The van der Waals surface area contributed by atoms with Gasteiger partial charge in [-0.3, -0.25) is 10.1 Å². The monoisotopic (exact) mass is 254 g/mol. The predicted octanol–water partition coefficient (Wildman–Crippen LogP) is 1.20. The normalized spacial score (nSPS) is 15.2. The van der Waals surface area contributed by atoms with Crippen molar-refractivity contribution in [1.82, 2.24) is 20.1 Å². The number of carbonyl (C=O) groups excluding carboxylic acids is 1. The molecular formula is C12H22N4O2. The van der Waals surface area contributed by atoms with Crippen molar-refractivity contribution in [2.24, 2.45) is 7.05 Å². The Bertz CT molecular complexity index is 408. The summed E-state index contributed by atoms with van der Waals surface area (Å²) in [6.07, 6.45) is 1.63. The maximum Gasteiger partial charge on any atom is 0.323 e. The van der Waals surface area contributed by atoms with Gasteiger partial charge in [0.1, 0.15) is 23.8 Å². The molecule has 0 aliphatic carbocycles. The molecule has 1 aromatic heterocycles. The molecule has 0 aromatic carbocycles. The lowest BCUT2D eigenvalue weighted by atomic mass is 10.2. The summed E-state index contributed by atoms with van der Waals surface area (Å²) < 4.78 is 7.12. The Labute approximate surface area is 108 Å². The Kier molecular flexibility index (Phi) is 4.45. The Morgan fingerprint density at radius 3 is 2.50 bits per heavy atom. The molecule has 0 saturated heterocycles. The van der Waals surface area contributed by atoms with Crippen LogP contribution in [0, 0.1) is 0 Å². The van der Waals surface area contributed by atoms with Crippen molar-refractivity contribution in [3.8, 4) is 0 Å². The van der Waals surface area contributed by atoms with Crippen LogP contribution in [0.2, 0.25) is 0 Å². The van der Waals surface area contributed by atoms with Crippen LogP contribution in [0.4, 0.5) is 0 Å². The third-order valence-corrected chi connectivity index (χ3v) is 2.39. The third-order valence-electron chi connectivity index (χ3n) is 2.39. The topological polar surface area (TPSA) is 69.0 Å². The first-order valence-electron chi connectivity index (χ1n) is 6.03. The average molecular weight is 254 g/mol. The van der Waals surface area contributed by atoms with E-state index in [-0.39, 0.29) is 12.0 Å². The minimum Gasteiger partial charge on any atom is -0.459 e. The Hall–Kier alpha value is -1.43. The molecule has 1 rings (SSSR count). The van der Waals surface area contributed by atoms with Crippen molar-refractivity contribution in [2.75, 3.05) is 0 Å². The van der Waals surface area contributed by atoms with Gasteiger partial charge in [0, 0.05) is 7.05 Å². The van der Waals surface area contributed by atoms with E-state index in [1.54, 1.807) is 13.3 Å². The van der Waals surface area contributed by atoms with Crippen LogP contribution >= 0.6 is 0 Å². The molecule has 6 nitrogen and oxygen atoms in total. The van der Waals surface area contributed by atoms with E-state index in [0.717, 1.165) is 5.82 Å². The minimum atomic E-state index is -0.471. The Balaban J connectivity index is 2.57. The lowest BCUT2D eigenvalue weighted by Gasteiger charge is -2.24. The number of esters is 1. The molecule has 0 aliphatic heterocycles. The van der Waals surface area contributed by atoms with Crippen LogP contribution in [0.5, 0.6) is 0 Å². The van der Waals surface area contributed by atoms with Crippen LogP contribution in [0.15, 0.2) is 6.33 Å². The molecule has 0 fully saturated rings. The fraction of sp³-hybridized carbons (Fsp3) is 0.750. The summed E-state index contributed by atoms with van der Waals surface area (Å²) in [7, 11) is 1.87. The summed E-state index contributed by atoms with van der Waals surface area (Å²) in [5.41, 5.74) is -0.471. The number of hydrogen-bond acceptors (Lipinski definition) is 5. The molecule has 1 aromatic rings. The van der Waals surface area contributed by atoms with Gasteiger partial charge in [0.2, 0.25) is 0 Å². The van der Waals surface area contributed by atoms with Gasteiger partial charge in [-0.05, 0) is 34.6 Å². The molecule has 18 heavy (non-hydrogen) atoms. The lowest BCUT2D eigenvalue weighted by Crippen LogP contribution is -2.40. The lowest BCUT2D eigenvalue weighted by molar-refractivity contribution is -0.157. The van der Waals surface area contributed by atoms with Gasteiger partial charge in [0.15, 0.2) is 0 Å². The highest BCUT2D eigenvalue weighted by Crippen LogP contribution is 2.12. The molecular weight excluding hydrogens is 232 g/mol. The van der Waals surface area contributed by atoms with E-state index >= 15 is 0 Å². The van der Waals surface area contributed by atoms with E-state index in [9.17, 15) is 4.79 Å². The van der Waals surface area contributed by atoms with E-state index < -0.39 is 11.6 Å². The number of rotatable bonds is 4. The number of ether oxygens (including phenoxy) is 1. The van der Waals surface area contributed by atoms with Gasteiger partial charge in [0.05, 0.1) is 6.04 Å². The summed E-state index contributed by atoms with van der Waals surface area (Å²) in [5.74, 6) is 0.516. The highest BCUT2D eigenvalue weighted by atomic mass is 16.6. The highest BCUT2D eigenvalue weighted by molar-refractivity contribution is 5.75. The van der Waals surface area contributed by atoms with Crippen LogP contribution in [-0.2, 0) is 16.6 Å². The van der Waals surface area contributed by atoms with Gasteiger partial charge < -0.3 is 9.30 Å². The van der Waals surface area contributed by atoms with E-state index in [0.29, 0.717) is 0 Å². The molecule has 0 radical (unpaired) electrons. The second-order valence-corrected chi connectivity index (χ2v) is 5.44. The van der Waals surface area contributed by atoms with Crippen molar-refractivity contribution >= 4 is 5.97 Å². The second kappa shape index (κ2) is 5.48. The molecule has 0 aliphatic rings. The molecule has 1 heterocycles. The van der Waals surface area contributed by atoms with Crippen LogP contribution in [-0.4, -0.2) is 32.4 Å². The predicted molar refractivity (Wildman–Crippen MR) is 67.9 cm³/mol. The molecule has 2 atom stereocenters. The molecule has 6 heteroatoms. The zero-order valence-electron chi connectivity index (χ0n) is 11.9. The zero-order chi connectivity index (χ0) is 13.9. The summed E-state index contributed by atoms with van der Waals surface area (Å²) in [4.78, 5) is 11.8. The van der Waals surface area contributed by atoms with Gasteiger partial charge in [-0.15, -0.1) is 10.2 Å². The van der Waals surface area contributed by atoms with Crippen LogP contribution < -0.4 is 5.32 Å². The van der Waals surface area contributed by atoms with E-state index in [4.69, 9.17) is 4.74 Å². The van der Waals surface area contributed by atoms with Crippen LogP contribution in [0.25, 0.3) is 0 Å². The second-order valence-electron chi connectivity index (χ2n) is 5.44. The summed E-state index contributed by atoms with van der Waals surface area (Å²) in [5, 5.41) is 11.0. The fourth-order valence-electron chi connectivity index (χ4n) is 1.59. The first-order chi connectivity index (χ1) is 8.20. The van der Waals surface area contributed by atoms with Gasteiger partial charge >= 0.3 is 5.97 Å². The SMILES string of the molecule is CC(NC(C)c1nncn1C)C(=O)OC(C)(C)C. The number of nitrogens with zero attached hydrogens (tertiary/aromatic N) is 3. The highest BCUT2D eigenvalue weighted by Gasteiger charge is 2.24. The molecule has 0 spiro atoms. The zero-order valence-corrected chi connectivity index (χ0v) is 11.9. The van der Waals surface area contributed by atoms with Crippen molar-refractivity contribution in [3.63, 3.8) is 0 Å².